The Balaban J connectivity index is 1.53. The lowest BCUT2D eigenvalue weighted by molar-refractivity contribution is -0.122. The average molecular weight is 451 g/mol. The summed E-state index contributed by atoms with van der Waals surface area (Å²) >= 11 is 2.92. The van der Waals surface area contributed by atoms with Crippen molar-refractivity contribution in [2.24, 2.45) is 4.99 Å². The standard InChI is InChI=1S/C21H18N6O2S2/c1-26-15-10-14(29-2)8-9-16(15)30-19(26)17-18(28)27(11-13-6-4-3-5-7-13)21(31-17)24-20-22-12-23-25-20/h3-10,12H,11H2,1-2H3,(H,22,23,25)/b19-17-,24-21-. The number of aliphatic imine (C=N–C) groups is 1. The van der Waals surface area contributed by atoms with Gasteiger partial charge in [0.1, 0.15) is 17.0 Å². The number of nitrogens with zero attached hydrogens (tertiary/aromatic N) is 5. The second-order valence-corrected chi connectivity index (χ2v) is 8.82. The lowest BCUT2D eigenvalue weighted by atomic mass is 10.2. The average Bonchev–Trinajstić information content (AvgIpc) is 3.49. The fourth-order valence-electron chi connectivity index (χ4n) is 3.32. The van der Waals surface area contributed by atoms with Crippen LogP contribution in [0.1, 0.15) is 5.56 Å². The van der Waals surface area contributed by atoms with Crippen LogP contribution in [0.4, 0.5) is 11.6 Å². The van der Waals surface area contributed by atoms with E-state index in [-0.39, 0.29) is 5.91 Å². The van der Waals surface area contributed by atoms with E-state index in [1.54, 1.807) is 23.8 Å². The summed E-state index contributed by atoms with van der Waals surface area (Å²) in [5.74, 6) is 1.06. The Bertz CT molecular complexity index is 1190. The summed E-state index contributed by atoms with van der Waals surface area (Å²) in [6.07, 6.45) is 1.40. The first kappa shape index (κ1) is 19.7. The molecule has 10 heteroatoms. The molecule has 2 aliphatic rings. The van der Waals surface area contributed by atoms with Crippen LogP contribution in [-0.2, 0) is 11.3 Å². The van der Waals surface area contributed by atoms with Crippen molar-refractivity contribution in [2.45, 2.75) is 11.4 Å². The third-order valence-electron chi connectivity index (χ3n) is 4.88. The minimum Gasteiger partial charge on any atom is -0.497 e. The number of hydrogen-bond donors (Lipinski definition) is 1. The number of hydrogen-bond acceptors (Lipinski definition) is 8. The fourth-order valence-corrected chi connectivity index (χ4v) is 5.62. The van der Waals surface area contributed by atoms with E-state index in [4.69, 9.17) is 4.74 Å². The molecule has 0 aliphatic carbocycles. The maximum atomic E-state index is 13.5. The van der Waals surface area contributed by atoms with Crippen LogP contribution in [0.3, 0.4) is 0 Å². The Morgan fingerprint density at radius 3 is 2.74 bits per heavy atom. The van der Waals surface area contributed by atoms with E-state index in [0.717, 1.165) is 26.9 Å². The van der Waals surface area contributed by atoms with Crippen LogP contribution < -0.4 is 9.64 Å². The maximum Gasteiger partial charge on any atom is 0.269 e. The van der Waals surface area contributed by atoms with E-state index in [1.165, 1.54) is 18.1 Å². The van der Waals surface area contributed by atoms with Gasteiger partial charge in [0.15, 0.2) is 5.17 Å². The SMILES string of the molecule is COc1ccc2c(c1)N(C)/C(=C1/S/C(=N\c3ncn[nH]3)N(Cc3ccccc3)C1=O)S2. The van der Waals surface area contributed by atoms with Crippen LogP contribution >= 0.6 is 23.5 Å². The summed E-state index contributed by atoms with van der Waals surface area (Å²) in [4.78, 5) is 27.6. The Kier molecular flexibility index (Phi) is 5.16. The van der Waals surface area contributed by atoms with E-state index in [9.17, 15) is 4.79 Å². The molecule has 1 N–H and O–H groups in total. The van der Waals surface area contributed by atoms with Gasteiger partial charge in [-0.25, -0.2) is 5.10 Å². The quantitative estimate of drug-likeness (QED) is 0.602. The Hall–Kier alpha value is -3.24. The molecule has 0 radical (unpaired) electrons. The van der Waals surface area contributed by atoms with Gasteiger partial charge >= 0.3 is 0 Å². The molecule has 0 spiro atoms. The maximum absolute atomic E-state index is 13.5. The van der Waals surface area contributed by atoms with Crippen LogP contribution in [0.15, 0.2) is 74.7 Å². The molecule has 156 valence electrons. The van der Waals surface area contributed by atoms with E-state index in [1.807, 2.05) is 60.5 Å². The third-order valence-corrected chi connectivity index (χ3v) is 7.32. The topological polar surface area (TPSA) is 86.7 Å². The number of anilines is 1. The summed E-state index contributed by atoms with van der Waals surface area (Å²) < 4.78 is 5.36. The van der Waals surface area contributed by atoms with Crippen molar-refractivity contribution in [3.63, 3.8) is 0 Å². The third kappa shape index (κ3) is 3.68. The number of thioether (sulfide) groups is 2. The predicted molar refractivity (Wildman–Crippen MR) is 122 cm³/mol. The van der Waals surface area contributed by atoms with Crippen molar-refractivity contribution >= 4 is 46.2 Å². The Morgan fingerprint density at radius 1 is 1.16 bits per heavy atom. The fraction of sp³-hybridized carbons (Fsp3) is 0.143. The van der Waals surface area contributed by atoms with Crippen LogP contribution in [0.5, 0.6) is 5.75 Å². The van der Waals surface area contributed by atoms with Gasteiger partial charge in [0.05, 0.1) is 24.4 Å². The summed E-state index contributed by atoms with van der Waals surface area (Å²) in [6.45, 7) is 0.422. The van der Waals surface area contributed by atoms with Crippen molar-refractivity contribution < 1.29 is 9.53 Å². The lowest BCUT2D eigenvalue weighted by Gasteiger charge is -2.16. The van der Waals surface area contributed by atoms with E-state index in [2.05, 4.69) is 20.2 Å². The molecule has 3 aromatic rings. The number of ether oxygens (including phenoxy) is 1. The Labute approximate surface area is 187 Å². The number of amidine groups is 1. The van der Waals surface area contributed by atoms with Gasteiger partial charge in [-0.2, -0.15) is 15.1 Å². The Morgan fingerprint density at radius 2 is 2.00 bits per heavy atom. The number of fused-ring (bicyclic) bond motifs is 1. The first-order valence-corrected chi connectivity index (χ1v) is 11.1. The number of aromatic nitrogens is 3. The van der Waals surface area contributed by atoms with E-state index < -0.39 is 0 Å². The smallest absolute Gasteiger partial charge is 0.269 e. The van der Waals surface area contributed by atoms with Crippen LogP contribution in [0.25, 0.3) is 0 Å². The number of aromatic amines is 1. The summed E-state index contributed by atoms with van der Waals surface area (Å²) in [7, 11) is 3.61. The number of H-pyrrole nitrogens is 1. The van der Waals surface area contributed by atoms with Gasteiger partial charge in [0, 0.05) is 18.0 Å². The number of rotatable bonds is 4. The molecule has 2 aromatic carbocycles. The molecule has 1 fully saturated rings. The first-order chi connectivity index (χ1) is 15.1. The van der Waals surface area contributed by atoms with Crippen LogP contribution in [-0.4, -0.2) is 45.3 Å². The van der Waals surface area contributed by atoms with Crippen molar-refractivity contribution in [3.8, 4) is 5.75 Å². The van der Waals surface area contributed by atoms with Crippen molar-refractivity contribution in [2.75, 3.05) is 19.1 Å². The second kappa shape index (κ2) is 8.12. The van der Waals surface area contributed by atoms with Crippen molar-refractivity contribution in [3.05, 3.63) is 70.4 Å². The molecular formula is C21H18N6O2S2. The molecule has 0 bridgehead atoms. The largest absolute Gasteiger partial charge is 0.497 e. The highest BCUT2D eigenvalue weighted by Gasteiger charge is 2.39. The minimum absolute atomic E-state index is 0.0822. The van der Waals surface area contributed by atoms with E-state index >= 15 is 0 Å². The van der Waals surface area contributed by atoms with E-state index in [0.29, 0.717) is 22.6 Å². The number of amides is 1. The molecule has 5 rings (SSSR count). The molecule has 1 saturated heterocycles. The summed E-state index contributed by atoms with van der Waals surface area (Å²) in [5.41, 5.74) is 2.03. The summed E-state index contributed by atoms with van der Waals surface area (Å²) in [6, 6.07) is 15.8. The number of benzene rings is 2. The van der Waals surface area contributed by atoms with Gasteiger partial charge in [0.25, 0.3) is 5.91 Å². The zero-order valence-electron chi connectivity index (χ0n) is 16.8. The van der Waals surface area contributed by atoms with Gasteiger partial charge < -0.3 is 9.64 Å². The van der Waals surface area contributed by atoms with Crippen LogP contribution in [0.2, 0.25) is 0 Å². The van der Waals surface area contributed by atoms with Crippen LogP contribution in [0, 0.1) is 0 Å². The molecule has 1 aromatic heterocycles. The van der Waals surface area contributed by atoms with Gasteiger partial charge in [-0.1, -0.05) is 42.1 Å². The normalized spacial score (nSPS) is 19.4. The molecule has 3 heterocycles. The van der Waals surface area contributed by atoms with Crippen molar-refractivity contribution in [1.82, 2.24) is 20.1 Å². The highest BCUT2D eigenvalue weighted by Crippen LogP contribution is 2.51. The molecular weight excluding hydrogens is 432 g/mol. The number of nitrogens with one attached hydrogen (secondary N) is 1. The zero-order valence-corrected chi connectivity index (χ0v) is 18.4. The second-order valence-electron chi connectivity index (χ2n) is 6.81. The number of methoxy groups -OCH3 is 1. The molecule has 0 saturated carbocycles. The number of carbonyl (C=O) groups is 1. The molecule has 2 aliphatic heterocycles. The monoisotopic (exact) mass is 450 g/mol. The van der Waals surface area contributed by atoms with Gasteiger partial charge in [0.2, 0.25) is 5.95 Å². The van der Waals surface area contributed by atoms with Gasteiger partial charge in [-0.05, 0) is 29.5 Å². The molecule has 1 amide bonds. The predicted octanol–water partition coefficient (Wildman–Crippen LogP) is 3.99. The van der Waals surface area contributed by atoms with Crippen molar-refractivity contribution in [1.29, 1.82) is 0 Å². The molecule has 8 nitrogen and oxygen atoms in total. The zero-order chi connectivity index (χ0) is 21.4. The van der Waals surface area contributed by atoms with Gasteiger partial charge in [-0.3, -0.25) is 9.69 Å². The highest BCUT2D eigenvalue weighted by atomic mass is 32.2. The number of carbonyl (C=O) groups excluding carboxylic acids is 1. The van der Waals surface area contributed by atoms with Gasteiger partial charge in [-0.15, -0.1) is 0 Å². The molecule has 0 unspecified atom stereocenters. The minimum atomic E-state index is -0.0822. The highest BCUT2D eigenvalue weighted by molar-refractivity contribution is 8.19. The summed E-state index contributed by atoms with van der Waals surface area (Å²) in [5, 5.41) is 8.03. The molecule has 0 atom stereocenters. The first-order valence-electron chi connectivity index (χ1n) is 9.45. The molecule has 31 heavy (non-hydrogen) atoms. The lowest BCUT2D eigenvalue weighted by Crippen LogP contribution is -2.29.